The van der Waals surface area contributed by atoms with Gasteiger partial charge in [0.15, 0.2) is 6.10 Å². The number of nitrogens with zero attached hydrogens (tertiary/aromatic N) is 1. The summed E-state index contributed by atoms with van der Waals surface area (Å²) in [5, 5.41) is 9.21. The maximum atomic E-state index is 13.6. The Morgan fingerprint density at radius 3 is 1.93 bits per heavy atom. The second-order valence-corrected chi connectivity index (χ2v) is 9.49. The standard InChI is InChI=1S/C28H32F7NO7/c1-4-40-23(24(37)38)17-19-5-9-21(10-6-19)41-15-13-36(14-16-42-28(34,35)26(29,30)27(31,32)33)25(39)43-22-11-7-20(8-12-22)18(2)3/h5-12,18,23H,4,13-17H2,1-3H3,(H,37,38). The van der Waals surface area contributed by atoms with Crippen LogP contribution in [0.15, 0.2) is 48.5 Å². The molecule has 0 aliphatic rings. The Balaban J connectivity index is 2.07. The summed E-state index contributed by atoms with van der Waals surface area (Å²) in [5.74, 6) is -7.08. The largest absolute Gasteiger partial charge is 0.492 e. The molecule has 2 aromatic carbocycles. The molecule has 1 unspecified atom stereocenters. The molecule has 0 heterocycles. The topological polar surface area (TPSA) is 94.5 Å². The number of carboxylic acids is 1. The molecule has 0 radical (unpaired) electrons. The van der Waals surface area contributed by atoms with Crippen molar-refractivity contribution in [1.29, 1.82) is 0 Å². The van der Waals surface area contributed by atoms with Crippen molar-refractivity contribution in [2.45, 2.75) is 57.4 Å². The van der Waals surface area contributed by atoms with Crippen molar-refractivity contribution in [1.82, 2.24) is 4.90 Å². The Morgan fingerprint density at radius 2 is 1.42 bits per heavy atom. The van der Waals surface area contributed by atoms with E-state index in [1.807, 2.05) is 13.8 Å². The van der Waals surface area contributed by atoms with Crippen molar-refractivity contribution in [3.8, 4) is 11.5 Å². The number of rotatable bonds is 16. The van der Waals surface area contributed by atoms with Crippen LogP contribution in [0.5, 0.6) is 11.5 Å². The molecule has 8 nitrogen and oxygen atoms in total. The minimum atomic E-state index is -6.57. The maximum absolute atomic E-state index is 13.6. The van der Waals surface area contributed by atoms with Crippen LogP contribution in [0.1, 0.15) is 37.8 Å². The van der Waals surface area contributed by atoms with Gasteiger partial charge in [-0.15, -0.1) is 0 Å². The van der Waals surface area contributed by atoms with Gasteiger partial charge in [0.25, 0.3) is 0 Å². The second kappa shape index (κ2) is 15.2. The maximum Gasteiger partial charge on any atom is 0.462 e. The molecular formula is C28H32F7NO7. The van der Waals surface area contributed by atoms with Gasteiger partial charge in [0.1, 0.15) is 18.1 Å². The molecule has 0 aromatic heterocycles. The molecule has 0 fully saturated rings. The summed E-state index contributed by atoms with van der Waals surface area (Å²) < 4.78 is 110. The van der Waals surface area contributed by atoms with Crippen LogP contribution in [-0.2, 0) is 20.7 Å². The van der Waals surface area contributed by atoms with E-state index < -0.39 is 49.5 Å². The van der Waals surface area contributed by atoms with Crippen LogP contribution >= 0.6 is 0 Å². The monoisotopic (exact) mass is 627 g/mol. The van der Waals surface area contributed by atoms with E-state index in [4.69, 9.17) is 14.2 Å². The van der Waals surface area contributed by atoms with Gasteiger partial charge in [-0.25, -0.2) is 9.59 Å². The number of halogens is 7. The number of carbonyl (C=O) groups is 2. The van der Waals surface area contributed by atoms with E-state index in [1.165, 1.54) is 24.3 Å². The summed E-state index contributed by atoms with van der Waals surface area (Å²) in [6.07, 6.45) is -14.6. The summed E-state index contributed by atoms with van der Waals surface area (Å²) >= 11 is 0. The van der Waals surface area contributed by atoms with Gasteiger partial charge in [-0.2, -0.15) is 30.7 Å². The van der Waals surface area contributed by atoms with Crippen molar-refractivity contribution >= 4 is 12.1 Å². The molecule has 0 saturated carbocycles. The smallest absolute Gasteiger partial charge is 0.462 e. The Hall–Kier alpha value is -3.59. The zero-order valence-electron chi connectivity index (χ0n) is 23.5. The van der Waals surface area contributed by atoms with Crippen molar-refractivity contribution in [2.75, 3.05) is 32.9 Å². The van der Waals surface area contributed by atoms with E-state index in [0.717, 1.165) is 10.5 Å². The van der Waals surface area contributed by atoms with Crippen LogP contribution in [0, 0.1) is 0 Å². The fourth-order valence-corrected chi connectivity index (χ4v) is 3.55. The molecule has 0 spiro atoms. The fourth-order valence-electron chi connectivity index (χ4n) is 3.55. The molecule has 43 heavy (non-hydrogen) atoms. The SMILES string of the molecule is CCOC(Cc1ccc(OCCN(CCOC(F)(F)C(F)(F)C(F)(F)F)C(=O)Oc2ccc(C(C)C)cc2)cc1)C(=O)O. The zero-order valence-corrected chi connectivity index (χ0v) is 23.5. The van der Waals surface area contributed by atoms with E-state index in [0.29, 0.717) is 5.56 Å². The Kier molecular flexibility index (Phi) is 12.6. The van der Waals surface area contributed by atoms with Gasteiger partial charge in [0, 0.05) is 19.6 Å². The third-order valence-corrected chi connectivity index (χ3v) is 5.99. The fraction of sp³-hybridized carbons (Fsp3) is 0.500. The van der Waals surface area contributed by atoms with Crippen molar-refractivity contribution in [2.24, 2.45) is 0 Å². The first-order chi connectivity index (χ1) is 20.0. The number of hydrogen-bond acceptors (Lipinski definition) is 6. The minimum absolute atomic E-state index is 0.0671. The van der Waals surface area contributed by atoms with Gasteiger partial charge >= 0.3 is 30.3 Å². The third kappa shape index (κ3) is 10.3. The highest BCUT2D eigenvalue weighted by Gasteiger charge is 2.74. The van der Waals surface area contributed by atoms with Gasteiger partial charge in [0.2, 0.25) is 0 Å². The number of aliphatic carboxylic acids is 1. The molecule has 240 valence electrons. The van der Waals surface area contributed by atoms with Crippen molar-refractivity contribution in [3.63, 3.8) is 0 Å². The van der Waals surface area contributed by atoms with E-state index in [1.54, 1.807) is 31.2 Å². The van der Waals surface area contributed by atoms with E-state index in [2.05, 4.69) is 4.74 Å². The lowest BCUT2D eigenvalue weighted by molar-refractivity contribution is -0.423. The number of carboxylic acid groups (broad SMARTS) is 1. The minimum Gasteiger partial charge on any atom is -0.492 e. The van der Waals surface area contributed by atoms with Crippen LogP contribution in [0.4, 0.5) is 35.5 Å². The summed E-state index contributed by atoms with van der Waals surface area (Å²) in [4.78, 5) is 24.8. The number of benzene rings is 2. The molecule has 0 saturated heterocycles. The van der Waals surface area contributed by atoms with Crippen molar-refractivity contribution in [3.05, 3.63) is 59.7 Å². The Bertz CT molecular complexity index is 1170. The predicted octanol–water partition coefficient (Wildman–Crippen LogP) is 6.53. The van der Waals surface area contributed by atoms with Gasteiger partial charge in [-0.1, -0.05) is 38.1 Å². The average Bonchev–Trinajstić information content (AvgIpc) is 2.92. The van der Waals surface area contributed by atoms with E-state index >= 15 is 0 Å². The zero-order chi connectivity index (χ0) is 32.4. The Morgan fingerprint density at radius 1 is 0.860 bits per heavy atom. The molecule has 2 aromatic rings. The number of hydrogen-bond donors (Lipinski definition) is 1. The molecule has 0 aliphatic heterocycles. The summed E-state index contributed by atoms with van der Waals surface area (Å²) in [6, 6.07) is 12.5. The van der Waals surface area contributed by atoms with Crippen molar-refractivity contribution < 1.29 is 64.4 Å². The third-order valence-electron chi connectivity index (χ3n) is 5.99. The first kappa shape index (κ1) is 35.6. The first-order valence-electron chi connectivity index (χ1n) is 13.1. The quantitative estimate of drug-likeness (QED) is 0.212. The summed E-state index contributed by atoms with van der Waals surface area (Å²) in [7, 11) is 0. The van der Waals surface area contributed by atoms with E-state index in [-0.39, 0.29) is 43.6 Å². The lowest BCUT2D eigenvalue weighted by Crippen LogP contribution is -2.54. The Labute approximate surface area is 243 Å². The molecule has 1 N–H and O–H groups in total. The molecule has 0 bridgehead atoms. The number of carbonyl (C=O) groups excluding carboxylic acids is 1. The molecule has 0 aliphatic carbocycles. The van der Waals surface area contributed by atoms with Crippen LogP contribution in [0.2, 0.25) is 0 Å². The van der Waals surface area contributed by atoms with Gasteiger partial charge in [-0.05, 0) is 48.2 Å². The van der Waals surface area contributed by atoms with E-state index in [9.17, 15) is 45.4 Å². The highest BCUT2D eigenvalue weighted by atomic mass is 19.4. The lowest BCUT2D eigenvalue weighted by Gasteiger charge is -2.28. The van der Waals surface area contributed by atoms with Gasteiger partial charge in [0.05, 0.1) is 13.2 Å². The second-order valence-electron chi connectivity index (χ2n) is 9.49. The van der Waals surface area contributed by atoms with Crippen LogP contribution in [-0.4, -0.2) is 79.3 Å². The lowest BCUT2D eigenvalue weighted by atomic mass is 10.0. The normalized spacial score (nSPS) is 13.1. The molecular weight excluding hydrogens is 595 g/mol. The molecule has 1 amide bonds. The van der Waals surface area contributed by atoms with Gasteiger partial charge < -0.3 is 29.0 Å². The first-order valence-corrected chi connectivity index (χ1v) is 13.1. The summed E-state index contributed by atoms with van der Waals surface area (Å²) in [6.45, 7) is 2.86. The average molecular weight is 628 g/mol. The number of alkyl halides is 7. The van der Waals surface area contributed by atoms with Crippen LogP contribution in [0.3, 0.4) is 0 Å². The van der Waals surface area contributed by atoms with Gasteiger partial charge in [-0.3, -0.25) is 0 Å². The van der Waals surface area contributed by atoms with Crippen LogP contribution in [0.25, 0.3) is 0 Å². The molecule has 1 atom stereocenters. The number of amides is 1. The molecule has 2 rings (SSSR count). The van der Waals surface area contributed by atoms with Crippen LogP contribution < -0.4 is 9.47 Å². The highest BCUT2D eigenvalue weighted by Crippen LogP contribution is 2.46. The highest BCUT2D eigenvalue weighted by molar-refractivity contribution is 5.72. The summed E-state index contributed by atoms with van der Waals surface area (Å²) in [5.41, 5.74) is 1.55. The molecule has 15 heteroatoms. The number of ether oxygens (including phenoxy) is 4. The predicted molar refractivity (Wildman–Crippen MR) is 139 cm³/mol.